The summed E-state index contributed by atoms with van der Waals surface area (Å²) in [7, 11) is 1.62. The van der Waals surface area contributed by atoms with Gasteiger partial charge in [-0.3, -0.25) is 9.59 Å². The largest absolute Gasteiger partial charge is 0.497 e. The summed E-state index contributed by atoms with van der Waals surface area (Å²) in [5.41, 5.74) is 3.22. The summed E-state index contributed by atoms with van der Waals surface area (Å²) in [6.45, 7) is 2.80. The second kappa shape index (κ2) is 14.4. The number of carbonyl (C=O) groups excluding carboxylic acids is 2. The third kappa shape index (κ3) is 8.90. The molecule has 0 aliphatic carbocycles. The molecule has 0 radical (unpaired) electrons. The summed E-state index contributed by atoms with van der Waals surface area (Å²) in [6, 6.07) is 26.3. The Morgan fingerprint density at radius 3 is 2.20 bits per heavy atom. The summed E-state index contributed by atoms with van der Waals surface area (Å²) in [5, 5.41) is 9.94. The zero-order chi connectivity index (χ0) is 29.2. The molecule has 0 heterocycles. The minimum Gasteiger partial charge on any atom is -0.497 e. The molecule has 7 nitrogen and oxygen atoms in total. The maximum atomic E-state index is 13.2. The predicted molar refractivity (Wildman–Crippen MR) is 164 cm³/mol. The van der Waals surface area contributed by atoms with Crippen molar-refractivity contribution >= 4 is 40.7 Å². The van der Waals surface area contributed by atoms with Crippen LogP contribution in [-0.4, -0.2) is 38.1 Å². The van der Waals surface area contributed by atoms with E-state index in [0.717, 1.165) is 22.6 Å². The van der Waals surface area contributed by atoms with Gasteiger partial charge in [-0.2, -0.15) is 0 Å². The molecule has 0 aromatic heterocycles. The van der Waals surface area contributed by atoms with Gasteiger partial charge in [0.25, 0.3) is 5.91 Å². The minimum atomic E-state index is -0.786. The van der Waals surface area contributed by atoms with Gasteiger partial charge in [-0.15, -0.1) is 0 Å². The molecule has 0 aliphatic heterocycles. The number of halogens is 2. The first-order valence-electron chi connectivity index (χ1n) is 13.1. The Hall–Kier alpha value is -4.20. The molecule has 1 unspecified atom stereocenters. The number of anilines is 1. The van der Waals surface area contributed by atoms with E-state index in [1.165, 1.54) is 0 Å². The molecule has 0 aliphatic rings. The second-order valence-electron chi connectivity index (χ2n) is 9.37. The number of ether oxygens (including phenoxy) is 2. The van der Waals surface area contributed by atoms with Gasteiger partial charge in [0, 0.05) is 36.8 Å². The summed E-state index contributed by atoms with van der Waals surface area (Å²) in [4.78, 5) is 26.2. The highest BCUT2D eigenvalue weighted by Gasteiger charge is 2.22. The predicted octanol–water partition coefficient (Wildman–Crippen LogP) is 6.67. The third-order valence-corrected chi connectivity index (χ3v) is 6.97. The molecule has 212 valence electrons. The van der Waals surface area contributed by atoms with Crippen molar-refractivity contribution in [1.29, 1.82) is 0 Å². The van der Waals surface area contributed by atoms with Gasteiger partial charge in [0.1, 0.15) is 23.3 Å². The number of rotatable bonds is 12. The van der Waals surface area contributed by atoms with Crippen molar-refractivity contribution in [3.05, 3.63) is 118 Å². The first kappa shape index (κ1) is 29.8. The lowest BCUT2D eigenvalue weighted by Crippen LogP contribution is -2.48. The highest BCUT2D eigenvalue weighted by Crippen LogP contribution is 2.29. The van der Waals surface area contributed by atoms with Crippen LogP contribution in [0.4, 0.5) is 5.69 Å². The average molecular weight is 593 g/mol. The summed E-state index contributed by atoms with van der Waals surface area (Å²) < 4.78 is 11.0. The molecule has 0 fully saturated rings. The van der Waals surface area contributed by atoms with E-state index < -0.39 is 6.04 Å². The molecule has 3 N–H and O–H groups in total. The van der Waals surface area contributed by atoms with Gasteiger partial charge in [-0.1, -0.05) is 53.0 Å². The van der Waals surface area contributed by atoms with E-state index in [2.05, 4.69) is 16.0 Å². The van der Waals surface area contributed by atoms with Crippen LogP contribution >= 0.6 is 23.2 Å². The van der Waals surface area contributed by atoms with E-state index in [0.29, 0.717) is 46.6 Å². The Morgan fingerprint density at radius 1 is 0.805 bits per heavy atom. The lowest BCUT2D eigenvalue weighted by molar-refractivity contribution is -0.122. The van der Waals surface area contributed by atoms with Gasteiger partial charge in [0.15, 0.2) is 0 Å². The molecule has 9 heteroatoms. The Labute approximate surface area is 249 Å². The van der Waals surface area contributed by atoms with Gasteiger partial charge >= 0.3 is 0 Å². The maximum Gasteiger partial charge on any atom is 0.251 e. The van der Waals surface area contributed by atoms with Crippen LogP contribution < -0.4 is 25.4 Å². The van der Waals surface area contributed by atoms with Gasteiger partial charge in [0.2, 0.25) is 5.91 Å². The van der Waals surface area contributed by atoms with Crippen LogP contribution in [0, 0.1) is 6.92 Å². The fourth-order valence-electron chi connectivity index (χ4n) is 4.07. The molecule has 2 amide bonds. The van der Waals surface area contributed by atoms with Crippen molar-refractivity contribution in [3.63, 3.8) is 0 Å². The van der Waals surface area contributed by atoms with Crippen molar-refractivity contribution in [1.82, 2.24) is 10.6 Å². The summed E-state index contributed by atoms with van der Waals surface area (Å²) >= 11 is 12.1. The van der Waals surface area contributed by atoms with Crippen molar-refractivity contribution < 1.29 is 19.1 Å². The van der Waals surface area contributed by atoms with Crippen LogP contribution in [0.3, 0.4) is 0 Å². The fraction of sp³-hybridized carbons (Fsp3) is 0.188. The van der Waals surface area contributed by atoms with Crippen LogP contribution in [0.25, 0.3) is 0 Å². The normalized spacial score (nSPS) is 11.3. The van der Waals surface area contributed by atoms with Crippen molar-refractivity contribution in [2.24, 2.45) is 0 Å². The number of aryl methyl sites for hydroxylation is 1. The SMILES string of the molecule is COc1ccc(NCCNC(=O)C(Cc2ccc(Oc3ccc(Cl)c(Cl)c3)cc2)NC(=O)c2cccc(C)c2)cc1. The number of carbonyl (C=O) groups is 2. The number of hydrogen-bond donors (Lipinski definition) is 3. The second-order valence-corrected chi connectivity index (χ2v) is 10.2. The van der Waals surface area contributed by atoms with E-state index in [1.54, 1.807) is 49.6 Å². The number of benzene rings is 4. The summed E-state index contributed by atoms with van der Waals surface area (Å²) in [5.74, 6) is 1.33. The van der Waals surface area contributed by atoms with Crippen molar-refractivity contribution in [2.45, 2.75) is 19.4 Å². The van der Waals surface area contributed by atoms with E-state index in [4.69, 9.17) is 32.7 Å². The lowest BCUT2D eigenvalue weighted by atomic mass is 10.0. The number of amides is 2. The number of methoxy groups -OCH3 is 1. The van der Waals surface area contributed by atoms with Gasteiger partial charge in [-0.05, 0) is 73.2 Å². The maximum absolute atomic E-state index is 13.2. The van der Waals surface area contributed by atoms with Crippen LogP contribution in [0.15, 0.2) is 91.0 Å². The minimum absolute atomic E-state index is 0.279. The first-order valence-corrected chi connectivity index (χ1v) is 13.8. The van der Waals surface area contributed by atoms with Crippen molar-refractivity contribution in [3.8, 4) is 17.2 Å². The molecule has 1 atom stereocenters. The third-order valence-electron chi connectivity index (χ3n) is 6.24. The molecule has 41 heavy (non-hydrogen) atoms. The van der Waals surface area contributed by atoms with Gasteiger partial charge in [0.05, 0.1) is 17.2 Å². The van der Waals surface area contributed by atoms with E-state index in [1.807, 2.05) is 55.5 Å². The topological polar surface area (TPSA) is 88.7 Å². The van der Waals surface area contributed by atoms with Crippen molar-refractivity contribution in [2.75, 3.05) is 25.5 Å². The quantitative estimate of drug-likeness (QED) is 0.160. The van der Waals surface area contributed by atoms with Gasteiger partial charge < -0.3 is 25.4 Å². The standard InChI is InChI=1S/C32H31Cl2N3O4/c1-21-4-3-5-23(18-21)31(38)37-30(32(39)36-17-16-35-24-8-12-25(40-2)13-9-24)19-22-6-10-26(11-7-22)41-27-14-15-28(33)29(34)20-27/h3-15,18,20,30,35H,16-17,19H2,1-2H3,(H,36,39)(H,37,38). The zero-order valence-corrected chi connectivity index (χ0v) is 24.3. The first-order chi connectivity index (χ1) is 19.8. The molecular formula is C32H31Cl2N3O4. The Balaban J connectivity index is 1.39. The highest BCUT2D eigenvalue weighted by atomic mass is 35.5. The molecule has 0 saturated carbocycles. The molecule has 4 rings (SSSR count). The van der Waals surface area contributed by atoms with E-state index in [9.17, 15) is 9.59 Å². The molecule has 4 aromatic carbocycles. The molecule has 0 spiro atoms. The van der Waals surface area contributed by atoms with Crippen LogP contribution in [0.1, 0.15) is 21.5 Å². The molecule has 0 bridgehead atoms. The van der Waals surface area contributed by atoms with Crippen LogP contribution in [0.2, 0.25) is 10.0 Å². The monoisotopic (exact) mass is 591 g/mol. The molecule has 0 saturated heterocycles. The molecular weight excluding hydrogens is 561 g/mol. The van der Waals surface area contributed by atoms with E-state index >= 15 is 0 Å². The highest BCUT2D eigenvalue weighted by molar-refractivity contribution is 6.42. The Morgan fingerprint density at radius 2 is 1.51 bits per heavy atom. The Bertz CT molecular complexity index is 1480. The Kier molecular flexibility index (Phi) is 10.5. The van der Waals surface area contributed by atoms with Crippen LogP contribution in [-0.2, 0) is 11.2 Å². The smallest absolute Gasteiger partial charge is 0.251 e. The van der Waals surface area contributed by atoms with E-state index in [-0.39, 0.29) is 11.8 Å². The van der Waals surface area contributed by atoms with Crippen LogP contribution in [0.5, 0.6) is 17.2 Å². The summed E-state index contributed by atoms with van der Waals surface area (Å²) in [6.07, 6.45) is 0.294. The average Bonchev–Trinajstić information content (AvgIpc) is 2.98. The zero-order valence-electron chi connectivity index (χ0n) is 22.7. The number of hydrogen-bond acceptors (Lipinski definition) is 5. The lowest BCUT2D eigenvalue weighted by Gasteiger charge is -2.19. The number of nitrogens with one attached hydrogen (secondary N) is 3. The van der Waals surface area contributed by atoms with Gasteiger partial charge in [-0.25, -0.2) is 0 Å². The molecule has 4 aromatic rings. The fourth-order valence-corrected chi connectivity index (χ4v) is 4.36.